The van der Waals surface area contributed by atoms with Crippen LogP contribution in [0, 0.1) is 11.3 Å². The molecular formula is C17H15N3O3S. The Morgan fingerprint density at radius 3 is 2.75 bits per heavy atom. The average molecular weight is 341 g/mol. The molecule has 3 rings (SSSR count). The molecule has 1 aliphatic rings. The third-order valence-electron chi connectivity index (χ3n) is 3.92. The molecule has 1 aromatic heterocycles. The molecular weight excluding hydrogens is 326 g/mol. The van der Waals surface area contributed by atoms with Crippen molar-refractivity contribution in [2.45, 2.75) is 13.0 Å². The third-order valence-corrected chi connectivity index (χ3v) is 5.05. The normalized spacial score (nSPS) is 13.1. The minimum absolute atomic E-state index is 0.269. The summed E-state index contributed by atoms with van der Waals surface area (Å²) in [5.74, 6) is -0.601. The Morgan fingerprint density at radius 1 is 1.33 bits per heavy atom. The molecule has 0 radical (unpaired) electrons. The molecule has 1 aliphatic heterocycles. The van der Waals surface area contributed by atoms with E-state index in [1.165, 1.54) is 11.3 Å². The summed E-state index contributed by atoms with van der Waals surface area (Å²) in [7, 11) is 0. The van der Waals surface area contributed by atoms with Gasteiger partial charge < -0.3 is 15.3 Å². The van der Waals surface area contributed by atoms with Crippen molar-refractivity contribution in [2.24, 2.45) is 0 Å². The average Bonchev–Trinajstić information content (AvgIpc) is 2.97. The summed E-state index contributed by atoms with van der Waals surface area (Å²) in [6.45, 7) is 0.294. The lowest BCUT2D eigenvalue weighted by atomic mass is 10.0. The summed E-state index contributed by atoms with van der Waals surface area (Å²) in [5, 5.41) is 21.7. The van der Waals surface area contributed by atoms with Gasteiger partial charge in [0.2, 0.25) is 5.91 Å². The van der Waals surface area contributed by atoms with Gasteiger partial charge in [0.25, 0.3) is 5.91 Å². The predicted octanol–water partition coefficient (Wildman–Crippen LogP) is 1.75. The summed E-state index contributed by atoms with van der Waals surface area (Å²) in [6.07, 6.45) is 0.543. The Labute approximate surface area is 142 Å². The first-order chi connectivity index (χ1) is 11.6. The highest BCUT2D eigenvalue weighted by Crippen LogP contribution is 2.36. The van der Waals surface area contributed by atoms with Gasteiger partial charge in [-0.05, 0) is 24.1 Å². The third kappa shape index (κ3) is 3.02. The van der Waals surface area contributed by atoms with E-state index in [1.807, 2.05) is 6.07 Å². The number of carbonyl (C=O) groups excluding carboxylic acids is 2. The first-order valence-corrected chi connectivity index (χ1v) is 8.25. The predicted molar refractivity (Wildman–Crippen MR) is 89.6 cm³/mol. The van der Waals surface area contributed by atoms with Crippen LogP contribution in [0.3, 0.4) is 0 Å². The van der Waals surface area contributed by atoms with E-state index in [4.69, 9.17) is 5.11 Å². The van der Waals surface area contributed by atoms with Crippen molar-refractivity contribution in [3.63, 3.8) is 0 Å². The fourth-order valence-electron chi connectivity index (χ4n) is 2.69. The molecule has 0 aliphatic carbocycles. The number of thiophene rings is 1. The Balaban J connectivity index is 1.86. The van der Waals surface area contributed by atoms with Gasteiger partial charge in [-0.25, -0.2) is 0 Å². The second-order valence-electron chi connectivity index (χ2n) is 5.36. The molecule has 0 spiro atoms. The number of hydrogen-bond acceptors (Lipinski definition) is 5. The minimum atomic E-state index is -0.524. The van der Waals surface area contributed by atoms with E-state index in [1.54, 1.807) is 29.2 Å². The van der Waals surface area contributed by atoms with Crippen LogP contribution in [0.15, 0.2) is 30.3 Å². The Bertz CT molecular complexity index is 824. The highest BCUT2D eigenvalue weighted by Gasteiger charge is 2.27. The number of aliphatic hydroxyl groups excluding tert-OH is 1. The summed E-state index contributed by atoms with van der Waals surface area (Å²) < 4.78 is 0. The molecule has 2 amide bonds. The van der Waals surface area contributed by atoms with E-state index in [-0.39, 0.29) is 11.8 Å². The topological polar surface area (TPSA) is 93.4 Å². The molecule has 122 valence electrons. The van der Waals surface area contributed by atoms with Crippen LogP contribution in [0.2, 0.25) is 0 Å². The van der Waals surface area contributed by atoms with E-state index in [9.17, 15) is 14.9 Å². The number of nitriles is 1. The van der Waals surface area contributed by atoms with Gasteiger partial charge in [-0.1, -0.05) is 18.2 Å². The number of amides is 2. The summed E-state index contributed by atoms with van der Waals surface area (Å²) in [5.41, 5.74) is 1.87. The van der Waals surface area contributed by atoms with Crippen LogP contribution in [-0.2, 0) is 17.8 Å². The van der Waals surface area contributed by atoms with Gasteiger partial charge in [0.05, 0.1) is 12.1 Å². The van der Waals surface area contributed by atoms with Gasteiger partial charge >= 0.3 is 0 Å². The Morgan fingerprint density at radius 2 is 2.08 bits per heavy atom. The van der Waals surface area contributed by atoms with Crippen LogP contribution < -0.4 is 5.32 Å². The van der Waals surface area contributed by atoms with Crippen LogP contribution in [0.4, 0.5) is 5.00 Å². The summed E-state index contributed by atoms with van der Waals surface area (Å²) in [6, 6.07) is 11.0. The fraction of sp³-hybridized carbons (Fsp3) is 0.235. The molecule has 0 fully saturated rings. The zero-order chi connectivity index (χ0) is 17.1. The molecule has 0 saturated heterocycles. The van der Waals surface area contributed by atoms with Gasteiger partial charge in [0.1, 0.15) is 17.7 Å². The molecule has 0 saturated carbocycles. The van der Waals surface area contributed by atoms with E-state index < -0.39 is 6.61 Å². The van der Waals surface area contributed by atoms with Crippen molar-refractivity contribution < 1.29 is 14.7 Å². The van der Waals surface area contributed by atoms with Gasteiger partial charge in [-0.15, -0.1) is 11.3 Å². The van der Waals surface area contributed by atoms with Gasteiger partial charge in [-0.3, -0.25) is 9.59 Å². The monoisotopic (exact) mass is 341 g/mol. The molecule has 0 unspecified atom stereocenters. The number of rotatable bonds is 3. The van der Waals surface area contributed by atoms with Crippen molar-refractivity contribution >= 4 is 28.2 Å². The van der Waals surface area contributed by atoms with Crippen LogP contribution in [0.5, 0.6) is 0 Å². The lowest BCUT2D eigenvalue weighted by Crippen LogP contribution is -2.37. The number of carbonyl (C=O) groups is 2. The SMILES string of the molecule is N#Cc1c(NC(=O)c2ccccc2)sc2c1CCN(C(=O)CO)C2. The molecule has 7 heteroatoms. The maximum Gasteiger partial charge on any atom is 0.256 e. The lowest BCUT2D eigenvalue weighted by molar-refractivity contribution is -0.135. The maximum absolute atomic E-state index is 12.3. The van der Waals surface area contributed by atoms with E-state index >= 15 is 0 Å². The molecule has 2 aromatic rings. The van der Waals surface area contributed by atoms with Crippen LogP contribution in [0.1, 0.15) is 26.4 Å². The standard InChI is InChI=1S/C17H15N3O3S/c18-8-13-12-6-7-20(15(22)10-21)9-14(12)24-17(13)19-16(23)11-4-2-1-3-5-11/h1-5,21H,6-7,9-10H2,(H,19,23). The Kier molecular flexibility index (Phi) is 4.60. The lowest BCUT2D eigenvalue weighted by Gasteiger charge is -2.26. The fourth-order valence-corrected chi connectivity index (χ4v) is 3.90. The number of fused-ring (bicyclic) bond motifs is 1. The summed E-state index contributed by atoms with van der Waals surface area (Å²) in [4.78, 5) is 26.4. The van der Waals surface area contributed by atoms with Crippen LogP contribution in [-0.4, -0.2) is 35.0 Å². The van der Waals surface area contributed by atoms with Crippen molar-refractivity contribution in [1.29, 1.82) is 5.26 Å². The van der Waals surface area contributed by atoms with E-state index in [2.05, 4.69) is 11.4 Å². The minimum Gasteiger partial charge on any atom is -0.387 e. The van der Waals surface area contributed by atoms with Crippen molar-refractivity contribution in [2.75, 3.05) is 18.5 Å². The quantitative estimate of drug-likeness (QED) is 0.889. The number of hydrogen-bond donors (Lipinski definition) is 2. The van der Waals surface area contributed by atoms with Gasteiger partial charge in [0.15, 0.2) is 0 Å². The zero-order valence-corrected chi connectivity index (χ0v) is 13.6. The van der Waals surface area contributed by atoms with Crippen LogP contribution >= 0.6 is 11.3 Å². The smallest absolute Gasteiger partial charge is 0.256 e. The highest BCUT2D eigenvalue weighted by molar-refractivity contribution is 7.16. The largest absolute Gasteiger partial charge is 0.387 e. The van der Waals surface area contributed by atoms with Crippen molar-refractivity contribution in [3.05, 3.63) is 51.9 Å². The van der Waals surface area contributed by atoms with Crippen molar-refractivity contribution in [3.8, 4) is 6.07 Å². The van der Waals surface area contributed by atoms with Gasteiger partial charge in [-0.2, -0.15) is 5.26 Å². The summed E-state index contributed by atoms with van der Waals surface area (Å²) >= 11 is 1.31. The van der Waals surface area contributed by atoms with Gasteiger partial charge in [0, 0.05) is 17.0 Å². The number of nitrogens with one attached hydrogen (secondary N) is 1. The molecule has 0 atom stereocenters. The second-order valence-corrected chi connectivity index (χ2v) is 6.47. The van der Waals surface area contributed by atoms with Crippen molar-refractivity contribution in [1.82, 2.24) is 4.90 Å². The second kappa shape index (κ2) is 6.83. The van der Waals surface area contributed by atoms with E-state index in [0.717, 1.165) is 10.4 Å². The molecule has 2 N–H and O–H groups in total. The zero-order valence-electron chi connectivity index (χ0n) is 12.8. The number of aliphatic hydroxyl groups is 1. The number of anilines is 1. The van der Waals surface area contributed by atoms with Crippen LogP contribution in [0.25, 0.3) is 0 Å². The molecule has 24 heavy (non-hydrogen) atoms. The number of benzene rings is 1. The molecule has 1 aromatic carbocycles. The number of nitrogens with zero attached hydrogens (tertiary/aromatic N) is 2. The molecule has 6 nitrogen and oxygen atoms in total. The first kappa shape index (κ1) is 16.2. The molecule has 0 bridgehead atoms. The Hall–Kier alpha value is -2.69. The first-order valence-electron chi connectivity index (χ1n) is 7.43. The highest BCUT2D eigenvalue weighted by atomic mass is 32.1. The van der Waals surface area contributed by atoms with E-state index in [0.29, 0.717) is 35.6 Å². The maximum atomic E-state index is 12.3. The molecule has 2 heterocycles.